The number of carboxylic acids is 1. The highest BCUT2D eigenvalue weighted by molar-refractivity contribution is 9.10. The molecule has 0 aliphatic rings. The Kier molecular flexibility index (Phi) is 5.51. The van der Waals surface area contributed by atoms with Gasteiger partial charge in [0.1, 0.15) is 0 Å². The summed E-state index contributed by atoms with van der Waals surface area (Å²) in [5, 5.41) is 8.97. The lowest BCUT2D eigenvalue weighted by Gasteiger charge is -2.10. The Balaban J connectivity index is 2.96. The zero-order chi connectivity index (χ0) is 14.6. The number of nitrogens with zero attached hydrogens (tertiary/aromatic N) is 1. The highest BCUT2D eigenvalue weighted by atomic mass is 79.9. The molecule has 0 fully saturated rings. The van der Waals surface area contributed by atoms with Gasteiger partial charge in [-0.2, -0.15) is 0 Å². The van der Waals surface area contributed by atoms with Crippen molar-refractivity contribution in [2.24, 2.45) is 0 Å². The van der Waals surface area contributed by atoms with Gasteiger partial charge in [0.15, 0.2) is 9.84 Å². The Bertz CT molecular complexity index is 569. The van der Waals surface area contributed by atoms with Crippen molar-refractivity contribution >= 4 is 31.7 Å². The summed E-state index contributed by atoms with van der Waals surface area (Å²) in [7, 11) is 0.300. The molecule has 5 nitrogen and oxygen atoms in total. The van der Waals surface area contributed by atoms with Crippen LogP contribution in [-0.4, -0.2) is 50.8 Å². The number of hydrogen-bond acceptors (Lipinski definition) is 4. The molecular formula is C12H16BrNO4S. The van der Waals surface area contributed by atoms with E-state index in [1.165, 1.54) is 18.2 Å². The Morgan fingerprint density at radius 2 is 2.00 bits per heavy atom. The van der Waals surface area contributed by atoms with Gasteiger partial charge in [-0.3, -0.25) is 0 Å². The quantitative estimate of drug-likeness (QED) is 0.848. The number of rotatable bonds is 6. The second-order valence-electron chi connectivity index (χ2n) is 4.42. The predicted octanol–water partition coefficient (Wildman–Crippen LogP) is 1.87. The molecular weight excluding hydrogens is 334 g/mol. The van der Waals surface area contributed by atoms with Crippen LogP contribution in [0.3, 0.4) is 0 Å². The third kappa shape index (κ3) is 4.59. The van der Waals surface area contributed by atoms with Crippen molar-refractivity contribution in [2.75, 3.05) is 26.4 Å². The molecule has 0 unspecified atom stereocenters. The molecule has 0 saturated heterocycles. The van der Waals surface area contributed by atoms with Gasteiger partial charge in [0.2, 0.25) is 0 Å². The van der Waals surface area contributed by atoms with E-state index in [9.17, 15) is 13.2 Å². The van der Waals surface area contributed by atoms with Crippen LogP contribution >= 0.6 is 15.9 Å². The summed E-state index contributed by atoms with van der Waals surface area (Å²) in [6.07, 6.45) is 0.508. The average molecular weight is 350 g/mol. The van der Waals surface area contributed by atoms with Gasteiger partial charge in [0.05, 0.1) is 16.2 Å². The van der Waals surface area contributed by atoms with E-state index in [4.69, 9.17) is 5.11 Å². The molecule has 1 aromatic carbocycles. The number of halogens is 1. The molecule has 0 aliphatic carbocycles. The van der Waals surface area contributed by atoms with Crippen LogP contribution in [0.15, 0.2) is 27.6 Å². The van der Waals surface area contributed by atoms with E-state index >= 15 is 0 Å². The van der Waals surface area contributed by atoms with E-state index < -0.39 is 15.8 Å². The number of carbonyl (C=O) groups is 1. The third-order valence-corrected chi connectivity index (χ3v) is 5.04. The first kappa shape index (κ1) is 16.1. The van der Waals surface area contributed by atoms with Crippen molar-refractivity contribution in [3.05, 3.63) is 28.2 Å². The number of sulfone groups is 1. The van der Waals surface area contributed by atoms with Crippen molar-refractivity contribution in [1.29, 1.82) is 0 Å². The molecule has 0 amide bonds. The van der Waals surface area contributed by atoms with E-state index in [1.54, 1.807) is 0 Å². The summed E-state index contributed by atoms with van der Waals surface area (Å²) in [6.45, 7) is 0.668. The van der Waals surface area contributed by atoms with E-state index in [0.29, 0.717) is 17.4 Å². The molecule has 7 heteroatoms. The fraction of sp³-hybridized carbons (Fsp3) is 0.417. The molecule has 106 valence electrons. The maximum atomic E-state index is 12.1. The Labute approximate surface area is 121 Å². The Morgan fingerprint density at radius 1 is 1.37 bits per heavy atom. The molecule has 0 heterocycles. The summed E-state index contributed by atoms with van der Waals surface area (Å²) >= 11 is 3.09. The summed E-state index contributed by atoms with van der Waals surface area (Å²) in [5.74, 6) is -1.15. The van der Waals surface area contributed by atoms with Crippen LogP contribution in [0.4, 0.5) is 0 Å². The Morgan fingerprint density at radius 3 is 2.53 bits per heavy atom. The minimum absolute atomic E-state index is 0.00582. The standard InChI is InChI=1S/C12H16BrNO4S/c1-14(2)6-3-7-19(17,18)9-4-5-11(13)10(8-9)12(15)16/h4-5,8H,3,6-7H2,1-2H3,(H,15,16). The molecule has 0 spiro atoms. The zero-order valence-corrected chi connectivity index (χ0v) is 13.2. The molecule has 0 aliphatic heterocycles. The van der Waals surface area contributed by atoms with Crippen LogP contribution in [0, 0.1) is 0 Å². The van der Waals surface area contributed by atoms with Crippen LogP contribution < -0.4 is 0 Å². The van der Waals surface area contributed by atoms with E-state index in [1.807, 2.05) is 19.0 Å². The summed E-state index contributed by atoms with van der Waals surface area (Å²) in [5.41, 5.74) is -0.0475. The number of benzene rings is 1. The molecule has 0 aromatic heterocycles. The molecule has 19 heavy (non-hydrogen) atoms. The SMILES string of the molecule is CN(C)CCCS(=O)(=O)c1ccc(Br)c(C(=O)O)c1. The van der Waals surface area contributed by atoms with Crippen molar-refractivity contribution in [3.8, 4) is 0 Å². The Hall–Kier alpha value is -0.920. The summed E-state index contributed by atoms with van der Waals surface area (Å²) < 4.78 is 24.5. The van der Waals surface area contributed by atoms with Gasteiger partial charge in [0.25, 0.3) is 0 Å². The topological polar surface area (TPSA) is 74.7 Å². The van der Waals surface area contributed by atoms with E-state index in [2.05, 4.69) is 15.9 Å². The molecule has 1 rings (SSSR count). The summed E-state index contributed by atoms with van der Waals surface area (Å²) in [6, 6.07) is 4.06. The fourth-order valence-corrected chi connectivity index (χ4v) is 3.28. The maximum Gasteiger partial charge on any atom is 0.336 e. The molecule has 0 saturated carbocycles. The lowest BCUT2D eigenvalue weighted by Crippen LogP contribution is -2.17. The van der Waals surface area contributed by atoms with Gasteiger partial charge >= 0.3 is 5.97 Å². The second kappa shape index (κ2) is 6.49. The second-order valence-corrected chi connectivity index (χ2v) is 7.39. The minimum atomic E-state index is -3.44. The van der Waals surface area contributed by atoms with E-state index in [-0.39, 0.29) is 16.2 Å². The van der Waals surface area contributed by atoms with Crippen LogP contribution in [0.2, 0.25) is 0 Å². The molecule has 1 aromatic rings. The van der Waals surface area contributed by atoms with Gasteiger partial charge in [-0.1, -0.05) is 0 Å². The average Bonchev–Trinajstić information content (AvgIpc) is 2.27. The predicted molar refractivity (Wildman–Crippen MR) is 76.3 cm³/mol. The smallest absolute Gasteiger partial charge is 0.336 e. The largest absolute Gasteiger partial charge is 0.478 e. The monoisotopic (exact) mass is 349 g/mol. The lowest BCUT2D eigenvalue weighted by molar-refractivity contribution is 0.0695. The van der Waals surface area contributed by atoms with Gasteiger partial charge < -0.3 is 10.0 Å². The molecule has 0 bridgehead atoms. The van der Waals surface area contributed by atoms with Gasteiger partial charge in [0, 0.05) is 4.47 Å². The normalized spacial score (nSPS) is 11.8. The highest BCUT2D eigenvalue weighted by Crippen LogP contribution is 2.22. The van der Waals surface area contributed by atoms with Crippen molar-refractivity contribution in [2.45, 2.75) is 11.3 Å². The van der Waals surface area contributed by atoms with Crippen molar-refractivity contribution in [1.82, 2.24) is 4.90 Å². The van der Waals surface area contributed by atoms with Gasteiger partial charge in [-0.25, -0.2) is 13.2 Å². The van der Waals surface area contributed by atoms with Crippen molar-refractivity contribution < 1.29 is 18.3 Å². The fourth-order valence-electron chi connectivity index (χ4n) is 1.55. The van der Waals surface area contributed by atoms with E-state index in [0.717, 1.165) is 0 Å². The molecule has 0 atom stereocenters. The third-order valence-electron chi connectivity index (χ3n) is 2.55. The molecule has 1 N–H and O–H groups in total. The van der Waals surface area contributed by atoms with Crippen LogP contribution in [0.25, 0.3) is 0 Å². The number of carboxylic acid groups (broad SMARTS) is 1. The van der Waals surface area contributed by atoms with Crippen molar-refractivity contribution in [3.63, 3.8) is 0 Å². The first-order valence-electron chi connectivity index (χ1n) is 5.64. The van der Waals surface area contributed by atoms with Crippen LogP contribution in [0.5, 0.6) is 0 Å². The van der Waals surface area contributed by atoms with Gasteiger partial charge in [-0.05, 0) is 61.2 Å². The highest BCUT2D eigenvalue weighted by Gasteiger charge is 2.18. The van der Waals surface area contributed by atoms with Crippen LogP contribution in [0.1, 0.15) is 16.8 Å². The number of aromatic carboxylic acids is 1. The maximum absolute atomic E-state index is 12.1. The summed E-state index contributed by atoms with van der Waals surface area (Å²) in [4.78, 5) is 12.9. The first-order chi connectivity index (χ1) is 8.74. The number of hydrogen-bond donors (Lipinski definition) is 1. The van der Waals surface area contributed by atoms with Crippen LogP contribution in [-0.2, 0) is 9.84 Å². The first-order valence-corrected chi connectivity index (χ1v) is 8.09. The lowest BCUT2D eigenvalue weighted by atomic mass is 10.2. The van der Waals surface area contributed by atoms with Gasteiger partial charge in [-0.15, -0.1) is 0 Å². The zero-order valence-electron chi connectivity index (χ0n) is 10.8. The minimum Gasteiger partial charge on any atom is -0.478 e. The molecule has 0 radical (unpaired) electrons.